The number of rotatable bonds is 10. The Morgan fingerprint density at radius 2 is 1.78 bits per heavy atom. The Bertz CT molecular complexity index is 472. The molecule has 1 rings (SSSR count). The molecule has 0 aliphatic rings. The monoisotopic (exact) mass is 322 g/mol. The van der Waals surface area contributed by atoms with Crippen LogP contribution in [-0.4, -0.2) is 46.1 Å². The van der Waals surface area contributed by atoms with Crippen molar-refractivity contribution < 1.29 is 23.7 Å². The lowest BCUT2D eigenvalue weighted by atomic mass is 10.0. The summed E-state index contributed by atoms with van der Waals surface area (Å²) in [5.74, 6) is -0.358. The maximum absolute atomic E-state index is 11.5. The number of methoxy groups -OCH3 is 3. The van der Waals surface area contributed by atoms with Gasteiger partial charge in [0.15, 0.2) is 6.10 Å². The van der Waals surface area contributed by atoms with E-state index in [0.717, 1.165) is 5.56 Å². The Morgan fingerprint density at radius 1 is 1.09 bits per heavy atom. The van der Waals surface area contributed by atoms with E-state index in [1.54, 1.807) is 13.2 Å². The molecule has 1 aromatic carbocycles. The van der Waals surface area contributed by atoms with Gasteiger partial charge in [0.1, 0.15) is 0 Å². The summed E-state index contributed by atoms with van der Waals surface area (Å²) < 4.78 is 20.9. The van der Waals surface area contributed by atoms with Crippen LogP contribution >= 0.6 is 0 Å². The standard InChI is InChI=1S/C18H26O5/c1-14(10-11-16(20-2)18(19)22-4)17(21-3)13-23-12-15-8-6-5-7-9-15/h5-11,14,16-17H,12-13H2,1-4H3/b11-10+/t14-,16-,17-/m0/s1. The smallest absolute Gasteiger partial charge is 0.339 e. The number of carbonyl (C=O) groups is 1. The van der Waals surface area contributed by atoms with Crippen LogP contribution in [0.4, 0.5) is 0 Å². The summed E-state index contributed by atoms with van der Waals surface area (Å²) in [7, 11) is 4.45. The zero-order valence-corrected chi connectivity index (χ0v) is 14.2. The topological polar surface area (TPSA) is 54.0 Å². The predicted octanol–water partition coefficient (Wildman–Crippen LogP) is 2.60. The summed E-state index contributed by atoms with van der Waals surface area (Å²) in [6, 6.07) is 9.97. The summed E-state index contributed by atoms with van der Waals surface area (Å²) in [5.41, 5.74) is 1.12. The quantitative estimate of drug-likeness (QED) is 0.489. The van der Waals surface area contributed by atoms with Crippen LogP contribution in [0.2, 0.25) is 0 Å². The van der Waals surface area contributed by atoms with Crippen molar-refractivity contribution in [3.63, 3.8) is 0 Å². The molecule has 5 nitrogen and oxygen atoms in total. The van der Waals surface area contributed by atoms with Crippen molar-refractivity contribution in [2.24, 2.45) is 5.92 Å². The molecule has 0 amide bonds. The Kier molecular flexibility index (Phi) is 9.21. The van der Waals surface area contributed by atoms with E-state index in [2.05, 4.69) is 4.74 Å². The van der Waals surface area contributed by atoms with Crippen molar-refractivity contribution in [1.29, 1.82) is 0 Å². The normalized spacial score (nSPS) is 15.3. The Balaban J connectivity index is 2.47. The van der Waals surface area contributed by atoms with Crippen LogP contribution in [0.5, 0.6) is 0 Å². The maximum atomic E-state index is 11.5. The third-order valence-electron chi connectivity index (χ3n) is 3.56. The second-order valence-electron chi connectivity index (χ2n) is 5.20. The highest BCUT2D eigenvalue weighted by Gasteiger charge is 2.18. The molecule has 0 saturated carbocycles. The van der Waals surface area contributed by atoms with E-state index >= 15 is 0 Å². The molecule has 0 N–H and O–H groups in total. The van der Waals surface area contributed by atoms with Crippen LogP contribution < -0.4 is 0 Å². The van der Waals surface area contributed by atoms with Crippen molar-refractivity contribution in [3.8, 4) is 0 Å². The third kappa shape index (κ3) is 6.95. The van der Waals surface area contributed by atoms with Crippen molar-refractivity contribution >= 4 is 5.97 Å². The first kappa shape index (κ1) is 19.4. The minimum absolute atomic E-state index is 0.0677. The molecule has 23 heavy (non-hydrogen) atoms. The SMILES string of the molecule is COC(=O)[C@H](/C=C/[C@H](C)[C@H](COCc1ccccc1)OC)OC. The van der Waals surface area contributed by atoms with E-state index in [-0.39, 0.29) is 12.0 Å². The van der Waals surface area contributed by atoms with Crippen molar-refractivity contribution in [1.82, 2.24) is 0 Å². The minimum atomic E-state index is -0.704. The van der Waals surface area contributed by atoms with E-state index in [4.69, 9.17) is 14.2 Å². The highest BCUT2D eigenvalue weighted by atomic mass is 16.6. The van der Waals surface area contributed by atoms with Gasteiger partial charge in [-0.05, 0) is 11.6 Å². The lowest BCUT2D eigenvalue weighted by molar-refractivity contribution is -0.149. The first-order chi connectivity index (χ1) is 11.1. The van der Waals surface area contributed by atoms with Crippen LogP contribution in [0.25, 0.3) is 0 Å². The van der Waals surface area contributed by atoms with Gasteiger partial charge in [-0.2, -0.15) is 0 Å². The largest absolute Gasteiger partial charge is 0.467 e. The molecule has 0 saturated heterocycles. The van der Waals surface area contributed by atoms with Crippen molar-refractivity contribution in [2.45, 2.75) is 25.7 Å². The molecule has 3 atom stereocenters. The van der Waals surface area contributed by atoms with Gasteiger partial charge in [0.05, 0.1) is 26.4 Å². The molecule has 0 radical (unpaired) electrons. The number of carbonyl (C=O) groups excluding carboxylic acids is 1. The Morgan fingerprint density at radius 3 is 2.35 bits per heavy atom. The van der Waals surface area contributed by atoms with Crippen LogP contribution in [-0.2, 0) is 30.3 Å². The van der Waals surface area contributed by atoms with Crippen LogP contribution in [0, 0.1) is 5.92 Å². The second kappa shape index (κ2) is 10.9. The molecular formula is C18H26O5. The number of hydrogen-bond donors (Lipinski definition) is 0. The van der Waals surface area contributed by atoms with Crippen LogP contribution in [0.1, 0.15) is 12.5 Å². The summed E-state index contributed by atoms with van der Waals surface area (Å²) >= 11 is 0. The second-order valence-corrected chi connectivity index (χ2v) is 5.20. The molecule has 0 aromatic heterocycles. The van der Waals surface area contributed by atoms with Gasteiger partial charge in [0, 0.05) is 20.1 Å². The zero-order valence-electron chi connectivity index (χ0n) is 14.2. The Hall–Kier alpha value is -1.69. The predicted molar refractivity (Wildman–Crippen MR) is 88.0 cm³/mol. The molecule has 5 heteroatoms. The van der Waals surface area contributed by atoms with Crippen molar-refractivity contribution in [2.75, 3.05) is 27.9 Å². The molecule has 0 aliphatic heterocycles. The Labute approximate surface area is 138 Å². The summed E-state index contributed by atoms with van der Waals surface area (Å²) in [6.07, 6.45) is 2.75. The average molecular weight is 322 g/mol. The summed E-state index contributed by atoms with van der Waals surface area (Å²) in [4.78, 5) is 11.5. The van der Waals surface area contributed by atoms with Gasteiger partial charge in [-0.3, -0.25) is 0 Å². The minimum Gasteiger partial charge on any atom is -0.467 e. The lowest BCUT2D eigenvalue weighted by Crippen LogP contribution is -2.26. The van der Waals surface area contributed by atoms with Crippen molar-refractivity contribution in [3.05, 3.63) is 48.0 Å². The fourth-order valence-electron chi connectivity index (χ4n) is 2.07. The fourth-order valence-corrected chi connectivity index (χ4v) is 2.07. The zero-order chi connectivity index (χ0) is 17.1. The van der Waals surface area contributed by atoms with E-state index < -0.39 is 12.1 Å². The molecule has 1 aromatic rings. The molecule has 0 aliphatic carbocycles. The van der Waals surface area contributed by atoms with Crippen LogP contribution in [0.15, 0.2) is 42.5 Å². The molecule has 0 bridgehead atoms. The maximum Gasteiger partial charge on any atom is 0.339 e. The van der Waals surface area contributed by atoms with E-state index in [1.807, 2.05) is 43.3 Å². The van der Waals surface area contributed by atoms with E-state index in [1.165, 1.54) is 14.2 Å². The van der Waals surface area contributed by atoms with E-state index in [9.17, 15) is 4.79 Å². The van der Waals surface area contributed by atoms with Gasteiger partial charge in [-0.15, -0.1) is 0 Å². The van der Waals surface area contributed by atoms with Crippen LogP contribution in [0.3, 0.4) is 0 Å². The van der Waals surface area contributed by atoms with Gasteiger partial charge in [0.2, 0.25) is 0 Å². The molecule has 0 heterocycles. The fraction of sp³-hybridized carbons (Fsp3) is 0.500. The molecular weight excluding hydrogens is 296 g/mol. The van der Waals surface area contributed by atoms with Gasteiger partial charge >= 0.3 is 5.97 Å². The van der Waals surface area contributed by atoms with E-state index in [0.29, 0.717) is 13.2 Å². The van der Waals surface area contributed by atoms with Gasteiger partial charge in [-0.1, -0.05) is 43.3 Å². The molecule has 128 valence electrons. The first-order valence-electron chi connectivity index (χ1n) is 7.55. The van der Waals surface area contributed by atoms with Gasteiger partial charge < -0.3 is 18.9 Å². The lowest BCUT2D eigenvalue weighted by Gasteiger charge is -2.20. The number of esters is 1. The van der Waals surface area contributed by atoms with Gasteiger partial charge in [-0.25, -0.2) is 4.79 Å². The number of ether oxygens (including phenoxy) is 4. The highest BCUT2D eigenvalue weighted by molar-refractivity contribution is 5.76. The number of hydrogen-bond acceptors (Lipinski definition) is 5. The average Bonchev–Trinajstić information content (AvgIpc) is 2.59. The third-order valence-corrected chi connectivity index (χ3v) is 3.56. The summed E-state index contributed by atoms with van der Waals surface area (Å²) in [5, 5.41) is 0. The molecule has 0 unspecified atom stereocenters. The molecule has 0 spiro atoms. The highest BCUT2D eigenvalue weighted by Crippen LogP contribution is 2.12. The summed E-state index contributed by atoms with van der Waals surface area (Å²) in [6.45, 7) is 3.01. The molecule has 0 fully saturated rings. The van der Waals surface area contributed by atoms with Gasteiger partial charge in [0.25, 0.3) is 0 Å². The number of benzene rings is 1. The first-order valence-corrected chi connectivity index (χ1v) is 7.55.